The summed E-state index contributed by atoms with van der Waals surface area (Å²) in [5.41, 5.74) is 6.22. The predicted octanol–water partition coefficient (Wildman–Crippen LogP) is 6.01. The maximum atomic E-state index is 12.8. The zero-order chi connectivity index (χ0) is 24.5. The van der Waals surface area contributed by atoms with E-state index in [4.69, 9.17) is 16.7 Å². The number of halogens is 1. The number of anilines is 2. The summed E-state index contributed by atoms with van der Waals surface area (Å²) in [5, 5.41) is 8.32. The van der Waals surface area contributed by atoms with E-state index in [1.165, 1.54) is 0 Å². The molecule has 5 rings (SSSR count). The smallest absolute Gasteiger partial charge is 0.255 e. The van der Waals surface area contributed by atoms with Gasteiger partial charge in [-0.2, -0.15) is 5.10 Å². The number of carbonyl (C=O) groups is 2. The van der Waals surface area contributed by atoms with Crippen molar-refractivity contribution in [2.75, 3.05) is 10.2 Å². The van der Waals surface area contributed by atoms with Crippen molar-refractivity contribution in [1.29, 1.82) is 0 Å². The number of rotatable bonds is 5. The topological polar surface area (TPSA) is 67.2 Å². The van der Waals surface area contributed by atoms with Crippen LogP contribution >= 0.6 is 11.6 Å². The van der Waals surface area contributed by atoms with E-state index in [-0.39, 0.29) is 11.8 Å². The number of hydrogen-bond donors (Lipinski definition) is 1. The molecule has 0 fully saturated rings. The molecule has 2 heterocycles. The third-order valence-corrected chi connectivity index (χ3v) is 6.30. The highest BCUT2D eigenvalue weighted by atomic mass is 35.5. The molecule has 35 heavy (non-hydrogen) atoms. The van der Waals surface area contributed by atoms with Crippen LogP contribution in [0.15, 0.2) is 72.8 Å². The molecule has 1 aliphatic heterocycles. The highest BCUT2D eigenvalue weighted by Crippen LogP contribution is 2.30. The molecule has 2 amide bonds. The summed E-state index contributed by atoms with van der Waals surface area (Å²) in [4.78, 5) is 27.3. The first-order valence-corrected chi connectivity index (χ1v) is 11.9. The lowest BCUT2D eigenvalue weighted by molar-refractivity contribution is -0.119. The molecule has 0 atom stereocenters. The van der Waals surface area contributed by atoms with Crippen LogP contribution in [-0.2, 0) is 17.9 Å². The summed E-state index contributed by atoms with van der Waals surface area (Å²) in [6.07, 6.45) is 0.394. The van der Waals surface area contributed by atoms with Gasteiger partial charge in [0, 0.05) is 34.3 Å². The lowest BCUT2D eigenvalue weighted by atomic mass is 10.1. The van der Waals surface area contributed by atoms with Gasteiger partial charge in [0.15, 0.2) is 0 Å². The summed E-state index contributed by atoms with van der Waals surface area (Å²) in [6.45, 7) is 4.97. The van der Waals surface area contributed by atoms with Gasteiger partial charge in [-0.1, -0.05) is 41.9 Å². The Morgan fingerprint density at radius 2 is 1.66 bits per heavy atom. The van der Waals surface area contributed by atoms with Crippen LogP contribution in [0.5, 0.6) is 0 Å². The van der Waals surface area contributed by atoms with Crippen molar-refractivity contribution in [3.05, 3.63) is 100 Å². The fourth-order valence-electron chi connectivity index (χ4n) is 4.38. The number of aromatic nitrogens is 2. The Kier molecular flexibility index (Phi) is 6.14. The third-order valence-electron chi connectivity index (χ3n) is 6.05. The first-order valence-electron chi connectivity index (χ1n) is 11.5. The first kappa shape index (κ1) is 22.9. The Labute approximate surface area is 209 Å². The van der Waals surface area contributed by atoms with E-state index >= 15 is 0 Å². The number of carbonyl (C=O) groups excluding carboxylic acids is 2. The van der Waals surface area contributed by atoms with Gasteiger partial charge in [-0.05, 0) is 66.9 Å². The molecule has 0 bridgehead atoms. The summed E-state index contributed by atoms with van der Waals surface area (Å²) >= 11 is 6.01. The van der Waals surface area contributed by atoms with Crippen LogP contribution < -0.4 is 10.2 Å². The Morgan fingerprint density at radius 1 is 0.971 bits per heavy atom. The van der Waals surface area contributed by atoms with E-state index in [9.17, 15) is 9.59 Å². The second-order valence-corrected chi connectivity index (χ2v) is 9.31. The Balaban J connectivity index is 1.32. The average molecular weight is 485 g/mol. The molecule has 4 aromatic rings. The normalized spacial score (nSPS) is 13.0. The van der Waals surface area contributed by atoms with Crippen molar-refractivity contribution in [1.82, 2.24) is 9.78 Å². The number of aryl methyl sites for hydroxylation is 3. The standard InChI is InChI=1S/C28H25ClN4O2/c1-18-13-19(2)15-24(14-18)30-28(35)22-5-3-20(4-6-22)17-32-26-16-25(21-7-9-23(29)10-8-21)31-33(26)12-11-27(32)34/h3-10,13-16H,11-12,17H2,1-2H3,(H,30,35). The van der Waals surface area contributed by atoms with Gasteiger partial charge in [0.1, 0.15) is 5.82 Å². The summed E-state index contributed by atoms with van der Waals surface area (Å²) in [7, 11) is 0. The highest BCUT2D eigenvalue weighted by molar-refractivity contribution is 6.30. The van der Waals surface area contributed by atoms with Crippen molar-refractivity contribution >= 4 is 34.9 Å². The first-order chi connectivity index (χ1) is 16.9. The second-order valence-electron chi connectivity index (χ2n) is 8.88. The molecule has 176 valence electrons. The molecule has 1 aromatic heterocycles. The molecule has 0 saturated carbocycles. The number of nitrogens with one attached hydrogen (secondary N) is 1. The van der Waals surface area contributed by atoms with Crippen molar-refractivity contribution < 1.29 is 9.59 Å². The fraction of sp³-hybridized carbons (Fsp3) is 0.179. The van der Waals surface area contributed by atoms with Gasteiger partial charge >= 0.3 is 0 Å². The molecule has 0 saturated heterocycles. The molecule has 1 N–H and O–H groups in total. The second kappa shape index (κ2) is 9.39. The molecule has 3 aromatic carbocycles. The van der Waals surface area contributed by atoms with E-state index in [0.717, 1.165) is 39.5 Å². The molecule has 1 aliphatic rings. The van der Waals surface area contributed by atoms with Crippen LogP contribution in [0.4, 0.5) is 11.5 Å². The van der Waals surface area contributed by atoms with Crippen LogP contribution in [0.1, 0.15) is 33.5 Å². The molecule has 0 aliphatic carbocycles. The van der Waals surface area contributed by atoms with Crippen LogP contribution in [0, 0.1) is 13.8 Å². The molecule has 0 spiro atoms. The van der Waals surface area contributed by atoms with E-state index < -0.39 is 0 Å². The summed E-state index contributed by atoms with van der Waals surface area (Å²) < 4.78 is 1.87. The lowest BCUT2D eigenvalue weighted by Crippen LogP contribution is -2.36. The summed E-state index contributed by atoms with van der Waals surface area (Å²) in [5.74, 6) is 0.654. The zero-order valence-electron chi connectivity index (χ0n) is 19.6. The zero-order valence-corrected chi connectivity index (χ0v) is 20.3. The Morgan fingerprint density at radius 3 is 2.34 bits per heavy atom. The minimum atomic E-state index is -0.165. The largest absolute Gasteiger partial charge is 0.322 e. The molecule has 6 nitrogen and oxygen atoms in total. The maximum Gasteiger partial charge on any atom is 0.255 e. The Bertz CT molecular complexity index is 1390. The van der Waals surface area contributed by atoms with Crippen molar-refractivity contribution in [2.45, 2.75) is 33.4 Å². The number of hydrogen-bond acceptors (Lipinski definition) is 3. The minimum Gasteiger partial charge on any atom is -0.322 e. The van der Waals surface area contributed by atoms with Gasteiger partial charge in [-0.3, -0.25) is 14.5 Å². The van der Waals surface area contributed by atoms with Gasteiger partial charge in [0.05, 0.1) is 18.8 Å². The van der Waals surface area contributed by atoms with Crippen molar-refractivity contribution in [3.8, 4) is 11.3 Å². The highest BCUT2D eigenvalue weighted by Gasteiger charge is 2.26. The quantitative estimate of drug-likeness (QED) is 0.377. The number of fused-ring (bicyclic) bond motifs is 1. The van der Waals surface area contributed by atoms with Crippen molar-refractivity contribution in [2.24, 2.45) is 0 Å². The summed E-state index contributed by atoms with van der Waals surface area (Å²) in [6, 6.07) is 22.8. The minimum absolute atomic E-state index is 0.0525. The van der Waals surface area contributed by atoms with Gasteiger partial charge in [0.2, 0.25) is 5.91 Å². The average Bonchev–Trinajstić information content (AvgIpc) is 3.26. The fourth-order valence-corrected chi connectivity index (χ4v) is 4.50. The van der Waals surface area contributed by atoms with Gasteiger partial charge in [-0.15, -0.1) is 0 Å². The van der Waals surface area contributed by atoms with E-state index in [2.05, 4.69) is 11.4 Å². The van der Waals surface area contributed by atoms with Crippen LogP contribution in [0.3, 0.4) is 0 Å². The SMILES string of the molecule is Cc1cc(C)cc(NC(=O)c2ccc(CN3C(=O)CCn4nc(-c5ccc(Cl)cc5)cc43)cc2)c1. The van der Waals surface area contributed by atoms with Crippen LogP contribution in [0.25, 0.3) is 11.3 Å². The number of benzene rings is 3. The number of nitrogens with zero attached hydrogens (tertiary/aromatic N) is 3. The molecule has 7 heteroatoms. The Hall–Kier alpha value is -3.90. The molecular formula is C28H25ClN4O2. The van der Waals surface area contributed by atoms with Gasteiger partial charge < -0.3 is 5.32 Å². The molecule has 0 radical (unpaired) electrons. The van der Waals surface area contributed by atoms with Crippen molar-refractivity contribution in [3.63, 3.8) is 0 Å². The monoisotopic (exact) mass is 484 g/mol. The van der Waals surface area contributed by atoms with Crippen LogP contribution in [0.2, 0.25) is 5.02 Å². The van der Waals surface area contributed by atoms with E-state index in [1.807, 2.05) is 73.1 Å². The predicted molar refractivity (Wildman–Crippen MR) is 139 cm³/mol. The molecular weight excluding hydrogens is 460 g/mol. The number of amides is 2. The molecule has 0 unspecified atom stereocenters. The van der Waals surface area contributed by atoms with Gasteiger partial charge in [-0.25, -0.2) is 4.68 Å². The van der Waals surface area contributed by atoms with E-state index in [1.54, 1.807) is 17.0 Å². The third kappa shape index (κ3) is 4.98. The van der Waals surface area contributed by atoms with Crippen LogP contribution in [-0.4, -0.2) is 21.6 Å². The van der Waals surface area contributed by atoms with Gasteiger partial charge in [0.25, 0.3) is 5.91 Å². The maximum absolute atomic E-state index is 12.8. The lowest BCUT2D eigenvalue weighted by Gasteiger charge is -2.27. The van der Waals surface area contributed by atoms with E-state index in [0.29, 0.717) is 30.1 Å².